The zero-order chi connectivity index (χ0) is 22.8. The van der Waals surface area contributed by atoms with Gasteiger partial charge in [0.05, 0.1) is 16.8 Å². The lowest BCUT2D eigenvalue weighted by Crippen LogP contribution is -2.37. The molecular weight excluding hydrogens is 477 g/mol. The molecule has 170 valence electrons. The summed E-state index contributed by atoms with van der Waals surface area (Å²) in [5, 5.41) is 17.8. The molecule has 32 heavy (non-hydrogen) atoms. The maximum Gasteiger partial charge on any atom is 0.318 e. The van der Waals surface area contributed by atoms with Crippen LogP contribution in [0.25, 0.3) is 10.8 Å². The summed E-state index contributed by atoms with van der Waals surface area (Å²) in [6.45, 7) is 0.934. The van der Waals surface area contributed by atoms with E-state index in [1.807, 2.05) is 0 Å². The zero-order valence-electron chi connectivity index (χ0n) is 16.8. The van der Waals surface area contributed by atoms with E-state index in [1.54, 1.807) is 37.3 Å². The highest BCUT2D eigenvalue weighted by Crippen LogP contribution is 2.32. The molecule has 9 nitrogen and oxygen atoms in total. The third-order valence-corrected chi connectivity index (χ3v) is 7.02. The quantitative estimate of drug-likeness (QED) is 0.258. The lowest BCUT2D eigenvalue weighted by Gasteiger charge is -2.27. The van der Waals surface area contributed by atoms with E-state index < -0.39 is 34.5 Å². The summed E-state index contributed by atoms with van der Waals surface area (Å²) in [5.41, 5.74) is 6.40. The van der Waals surface area contributed by atoms with E-state index in [9.17, 15) is 18.3 Å². The van der Waals surface area contributed by atoms with Gasteiger partial charge in [0.2, 0.25) is 16.0 Å². The molecule has 0 unspecified atom stereocenters. The van der Waals surface area contributed by atoms with Gasteiger partial charge in [0.15, 0.2) is 0 Å². The Kier molecular flexibility index (Phi) is 8.02. The van der Waals surface area contributed by atoms with Crippen molar-refractivity contribution < 1.29 is 18.3 Å². The molecule has 0 fully saturated rings. The molecule has 12 heteroatoms. The van der Waals surface area contributed by atoms with E-state index in [1.165, 1.54) is 30.6 Å². The maximum atomic E-state index is 13.4. The van der Waals surface area contributed by atoms with Crippen LogP contribution in [0, 0.1) is 5.41 Å². The van der Waals surface area contributed by atoms with Crippen LogP contribution < -0.4 is 10.2 Å². The minimum absolute atomic E-state index is 0. The first kappa shape index (κ1) is 25.3. The molecule has 0 radical (unpaired) electrons. The summed E-state index contributed by atoms with van der Waals surface area (Å²) >= 11 is 6.02. The number of aliphatic carboxylic acids is 1. The average molecular weight is 498 g/mol. The number of aromatic nitrogens is 1. The fraction of sp³-hybridized carbons (Fsp3) is 0.150. The number of carboxylic acid groups (broad SMARTS) is 1. The van der Waals surface area contributed by atoms with E-state index in [0.717, 1.165) is 8.72 Å². The third kappa shape index (κ3) is 5.10. The number of nitrogens with one attached hydrogen (secondary N) is 1. The SMILES string of the molecule is C[C@H](c1ccccc1)N(CC(=O)O)S(=O)(=O)c1ccc2c(N(Cl)C(=N)N)cncc2c1.Cl. The Morgan fingerprint density at radius 3 is 2.47 bits per heavy atom. The standard InChI is InChI=1S/C20H20ClN5O4S.ClH/c1-13(14-5-3-2-4-6-14)25(12-19(27)28)31(29,30)16-7-8-17-15(9-16)10-24-11-18(17)26(21)20(22)23;/h2-11,13H,12H2,1H3,(H3,22,23)(H,27,28);1H/t13-;/m1./s1. The number of pyridine rings is 1. The van der Waals surface area contributed by atoms with Crippen molar-refractivity contribution in [2.75, 3.05) is 11.0 Å². The van der Waals surface area contributed by atoms with Gasteiger partial charge in [-0.05, 0) is 24.6 Å². The van der Waals surface area contributed by atoms with Crippen LogP contribution in [-0.4, -0.2) is 41.3 Å². The topological polar surface area (TPSA) is 141 Å². The number of sulfonamides is 1. The van der Waals surface area contributed by atoms with Crippen LogP contribution in [0.1, 0.15) is 18.5 Å². The number of carboxylic acids is 1. The first-order valence-corrected chi connectivity index (χ1v) is 10.9. The summed E-state index contributed by atoms with van der Waals surface area (Å²) in [5.74, 6) is -1.69. The minimum atomic E-state index is -4.17. The minimum Gasteiger partial charge on any atom is -0.480 e. The molecule has 0 aliphatic heterocycles. The van der Waals surface area contributed by atoms with E-state index in [4.69, 9.17) is 22.9 Å². The van der Waals surface area contributed by atoms with E-state index >= 15 is 0 Å². The second kappa shape index (κ2) is 10.1. The van der Waals surface area contributed by atoms with Crippen LogP contribution >= 0.6 is 24.2 Å². The fourth-order valence-corrected chi connectivity index (χ4v) is 4.92. The van der Waals surface area contributed by atoms with Crippen molar-refractivity contribution in [2.45, 2.75) is 17.9 Å². The van der Waals surface area contributed by atoms with Gasteiger partial charge in [-0.2, -0.15) is 4.31 Å². The van der Waals surface area contributed by atoms with Gasteiger partial charge in [-0.25, -0.2) is 12.8 Å². The Morgan fingerprint density at radius 1 is 1.22 bits per heavy atom. The van der Waals surface area contributed by atoms with Crippen molar-refractivity contribution in [1.29, 1.82) is 5.41 Å². The molecule has 2 aromatic carbocycles. The summed E-state index contributed by atoms with van der Waals surface area (Å²) in [6.07, 6.45) is 2.85. The number of halogens is 2. The van der Waals surface area contributed by atoms with E-state index in [-0.39, 0.29) is 17.3 Å². The highest BCUT2D eigenvalue weighted by molar-refractivity contribution is 7.89. The lowest BCUT2D eigenvalue weighted by atomic mass is 10.1. The average Bonchev–Trinajstić information content (AvgIpc) is 2.76. The van der Waals surface area contributed by atoms with Crippen molar-refractivity contribution in [1.82, 2.24) is 9.29 Å². The highest BCUT2D eigenvalue weighted by Gasteiger charge is 2.32. The molecule has 0 spiro atoms. The molecule has 0 amide bonds. The predicted octanol–water partition coefficient (Wildman–Crippen LogP) is 3.35. The van der Waals surface area contributed by atoms with Crippen LogP contribution in [0.3, 0.4) is 0 Å². The Balaban J connectivity index is 0.00000363. The molecule has 0 aliphatic carbocycles. The molecule has 4 N–H and O–H groups in total. The lowest BCUT2D eigenvalue weighted by molar-refractivity contribution is -0.137. The number of hydrogen-bond acceptors (Lipinski definition) is 5. The van der Waals surface area contributed by atoms with Crippen molar-refractivity contribution in [2.24, 2.45) is 5.73 Å². The number of guanidine groups is 1. The fourth-order valence-electron chi connectivity index (χ4n) is 3.18. The largest absolute Gasteiger partial charge is 0.480 e. The number of hydrogen-bond donors (Lipinski definition) is 3. The number of nitrogens with zero attached hydrogens (tertiary/aromatic N) is 3. The van der Waals surface area contributed by atoms with Gasteiger partial charge in [0, 0.05) is 34.8 Å². The number of fused-ring (bicyclic) bond motifs is 1. The van der Waals surface area contributed by atoms with Gasteiger partial charge in [-0.1, -0.05) is 36.4 Å². The van der Waals surface area contributed by atoms with Crippen molar-refractivity contribution in [3.63, 3.8) is 0 Å². The van der Waals surface area contributed by atoms with E-state index in [2.05, 4.69) is 4.98 Å². The molecule has 1 atom stereocenters. The Morgan fingerprint density at radius 2 is 1.88 bits per heavy atom. The monoisotopic (exact) mass is 497 g/mol. The number of nitrogens with two attached hydrogens (primary N) is 1. The predicted molar refractivity (Wildman–Crippen MR) is 126 cm³/mol. The molecule has 3 aromatic rings. The summed E-state index contributed by atoms with van der Waals surface area (Å²) in [7, 11) is -4.17. The first-order valence-electron chi connectivity index (χ1n) is 9.09. The number of carbonyl (C=O) groups is 1. The number of rotatable bonds is 7. The summed E-state index contributed by atoms with van der Waals surface area (Å²) < 4.78 is 28.6. The molecule has 0 saturated heterocycles. The van der Waals surface area contributed by atoms with Crippen LogP contribution in [0.2, 0.25) is 0 Å². The normalized spacial score (nSPS) is 12.2. The molecule has 1 heterocycles. The molecule has 1 aromatic heterocycles. The number of benzene rings is 2. The molecule has 0 saturated carbocycles. The van der Waals surface area contributed by atoms with Crippen molar-refractivity contribution >= 4 is 62.6 Å². The third-order valence-electron chi connectivity index (χ3n) is 4.74. The molecule has 0 bridgehead atoms. The van der Waals surface area contributed by atoms with Crippen LogP contribution in [0.4, 0.5) is 5.69 Å². The van der Waals surface area contributed by atoms with Crippen LogP contribution in [0.15, 0.2) is 65.8 Å². The van der Waals surface area contributed by atoms with Gasteiger partial charge >= 0.3 is 5.97 Å². The second-order valence-electron chi connectivity index (χ2n) is 6.74. The van der Waals surface area contributed by atoms with Crippen LogP contribution in [-0.2, 0) is 14.8 Å². The zero-order valence-corrected chi connectivity index (χ0v) is 19.2. The number of anilines is 1. The Labute approximate surface area is 196 Å². The summed E-state index contributed by atoms with van der Waals surface area (Å²) in [6, 6.07) is 12.3. The summed E-state index contributed by atoms with van der Waals surface area (Å²) in [4.78, 5) is 15.4. The Bertz CT molecular complexity index is 1240. The van der Waals surface area contributed by atoms with Crippen LogP contribution in [0.5, 0.6) is 0 Å². The smallest absolute Gasteiger partial charge is 0.318 e. The highest BCUT2D eigenvalue weighted by atomic mass is 35.5. The van der Waals surface area contributed by atoms with Gasteiger partial charge < -0.3 is 10.8 Å². The van der Waals surface area contributed by atoms with Crippen molar-refractivity contribution in [3.8, 4) is 0 Å². The maximum absolute atomic E-state index is 13.4. The van der Waals surface area contributed by atoms with E-state index in [0.29, 0.717) is 22.0 Å². The van der Waals surface area contributed by atoms with Crippen molar-refractivity contribution in [3.05, 3.63) is 66.5 Å². The molecular formula is C20H21Cl2N5O4S. The molecule has 3 rings (SSSR count). The van der Waals surface area contributed by atoms with Gasteiger partial charge in [-0.15, -0.1) is 12.4 Å². The second-order valence-corrected chi connectivity index (χ2v) is 8.97. The first-order chi connectivity index (χ1) is 14.6. The molecule has 0 aliphatic rings. The Hall–Kier alpha value is -2.92. The van der Waals surface area contributed by atoms with Gasteiger partial charge in [-0.3, -0.25) is 15.2 Å². The van der Waals surface area contributed by atoms with Gasteiger partial charge in [0.25, 0.3) is 0 Å². The van der Waals surface area contributed by atoms with Gasteiger partial charge in [0.1, 0.15) is 6.54 Å².